The SMILES string of the molecule is O=C(O)NCc1ccc2c(c1F)B(O)OC2. The number of hydrogen-bond donors (Lipinski definition) is 3. The monoisotopic (exact) mass is 225 g/mol. The average molecular weight is 225 g/mol. The zero-order chi connectivity index (χ0) is 11.7. The fourth-order valence-electron chi connectivity index (χ4n) is 1.63. The molecule has 0 fully saturated rings. The summed E-state index contributed by atoms with van der Waals surface area (Å²) in [6.07, 6.45) is -1.23. The molecule has 0 saturated carbocycles. The second-order valence-corrected chi connectivity index (χ2v) is 3.43. The molecule has 0 radical (unpaired) electrons. The minimum absolute atomic E-state index is 0.102. The van der Waals surface area contributed by atoms with Gasteiger partial charge in [-0.05, 0) is 5.56 Å². The smallest absolute Gasteiger partial charge is 0.465 e. The molecule has 84 valence electrons. The molecule has 1 aromatic rings. The van der Waals surface area contributed by atoms with Gasteiger partial charge in [-0.2, -0.15) is 0 Å². The van der Waals surface area contributed by atoms with E-state index in [4.69, 9.17) is 9.76 Å². The third-order valence-electron chi connectivity index (χ3n) is 2.42. The van der Waals surface area contributed by atoms with Crippen molar-refractivity contribution in [1.29, 1.82) is 0 Å². The van der Waals surface area contributed by atoms with Gasteiger partial charge in [0.2, 0.25) is 0 Å². The summed E-state index contributed by atoms with van der Waals surface area (Å²) in [5.41, 5.74) is 0.875. The Bertz CT molecular complexity index is 440. The lowest BCUT2D eigenvalue weighted by Crippen LogP contribution is -2.33. The Labute approximate surface area is 91.0 Å². The quantitative estimate of drug-likeness (QED) is 0.609. The van der Waals surface area contributed by atoms with E-state index in [0.29, 0.717) is 5.56 Å². The molecule has 3 N–H and O–H groups in total. The van der Waals surface area contributed by atoms with E-state index in [1.165, 1.54) is 6.07 Å². The van der Waals surface area contributed by atoms with E-state index in [1.54, 1.807) is 6.07 Å². The highest BCUT2D eigenvalue weighted by Gasteiger charge is 2.31. The van der Waals surface area contributed by atoms with Crippen molar-refractivity contribution in [2.24, 2.45) is 0 Å². The summed E-state index contributed by atoms with van der Waals surface area (Å²) in [6.45, 7) is 0.0290. The predicted molar refractivity (Wildman–Crippen MR) is 53.7 cm³/mol. The summed E-state index contributed by atoms with van der Waals surface area (Å²) >= 11 is 0. The minimum atomic E-state index is -1.26. The molecule has 0 spiro atoms. The van der Waals surface area contributed by atoms with E-state index >= 15 is 0 Å². The Morgan fingerprint density at radius 3 is 3.06 bits per heavy atom. The van der Waals surface area contributed by atoms with Gasteiger partial charge in [0.05, 0.1) is 6.61 Å². The Morgan fingerprint density at radius 1 is 1.62 bits per heavy atom. The van der Waals surface area contributed by atoms with Gasteiger partial charge in [0.1, 0.15) is 5.82 Å². The summed E-state index contributed by atoms with van der Waals surface area (Å²) in [4.78, 5) is 10.3. The maximum Gasteiger partial charge on any atom is 0.494 e. The lowest BCUT2D eigenvalue weighted by Gasteiger charge is -2.07. The number of carbonyl (C=O) groups is 1. The topological polar surface area (TPSA) is 78.8 Å². The number of halogens is 1. The number of benzene rings is 1. The predicted octanol–water partition coefficient (Wildman–Crippen LogP) is -0.189. The van der Waals surface area contributed by atoms with E-state index in [0.717, 1.165) is 0 Å². The van der Waals surface area contributed by atoms with Crippen LogP contribution < -0.4 is 10.8 Å². The molecule has 1 amide bonds. The van der Waals surface area contributed by atoms with E-state index in [9.17, 15) is 14.2 Å². The van der Waals surface area contributed by atoms with Crippen LogP contribution in [0.3, 0.4) is 0 Å². The maximum absolute atomic E-state index is 13.8. The Kier molecular flexibility index (Phi) is 2.80. The molecule has 5 nitrogen and oxygen atoms in total. The molecule has 0 atom stereocenters. The first-order valence-corrected chi connectivity index (χ1v) is 4.66. The van der Waals surface area contributed by atoms with Crippen LogP contribution in [0, 0.1) is 5.82 Å². The van der Waals surface area contributed by atoms with Gasteiger partial charge >= 0.3 is 13.2 Å². The molecule has 1 aliphatic rings. The molecule has 7 heteroatoms. The van der Waals surface area contributed by atoms with Gasteiger partial charge in [-0.3, -0.25) is 0 Å². The molecule has 2 rings (SSSR count). The zero-order valence-corrected chi connectivity index (χ0v) is 8.24. The van der Waals surface area contributed by atoms with Crippen molar-refractivity contribution in [2.75, 3.05) is 0 Å². The van der Waals surface area contributed by atoms with Crippen LogP contribution in [-0.4, -0.2) is 23.3 Å². The van der Waals surface area contributed by atoms with Crippen LogP contribution in [0.5, 0.6) is 0 Å². The second-order valence-electron chi connectivity index (χ2n) is 3.43. The van der Waals surface area contributed by atoms with Crippen LogP contribution in [-0.2, 0) is 17.8 Å². The summed E-state index contributed by atoms with van der Waals surface area (Å²) in [6, 6.07) is 3.10. The lowest BCUT2D eigenvalue weighted by atomic mass is 9.78. The number of fused-ring (bicyclic) bond motifs is 1. The Balaban J connectivity index is 2.28. The standard InChI is InChI=1S/C9H9BFNO4/c11-8-5(3-12-9(13)14)1-2-6-4-16-10(15)7(6)8/h1-2,12,15H,3-4H2,(H,13,14). The number of rotatable bonds is 2. The fourth-order valence-corrected chi connectivity index (χ4v) is 1.63. The molecule has 0 unspecified atom stereocenters. The van der Waals surface area contributed by atoms with Crippen molar-refractivity contribution in [2.45, 2.75) is 13.2 Å². The van der Waals surface area contributed by atoms with Crippen molar-refractivity contribution in [3.8, 4) is 0 Å². The maximum atomic E-state index is 13.8. The third kappa shape index (κ3) is 1.87. The Hall–Kier alpha value is -1.60. The summed E-state index contributed by atoms with van der Waals surface area (Å²) in [5, 5.41) is 19.8. The first kappa shape index (κ1) is 10.9. The number of carboxylic acid groups (broad SMARTS) is 1. The van der Waals surface area contributed by atoms with E-state index in [1.807, 2.05) is 0 Å². The van der Waals surface area contributed by atoms with E-state index in [-0.39, 0.29) is 24.2 Å². The van der Waals surface area contributed by atoms with Crippen LogP contribution in [0.25, 0.3) is 0 Å². The van der Waals surface area contributed by atoms with Crippen LogP contribution in [0.15, 0.2) is 12.1 Å². The third-order valence-corrected chi connectivity index (χ3v) is 2.42. The molecule has 1 aromatic carbocycles. The fraction of sp³-hybridized carbons (Fsp3) is 0.222. The Morgan fingerprint density at radius 2 is 2.38 bits per heavy atom. The molecular weight excluding hydrogens is 216 g/mol. The highest BCUT2D eigenvalue weighted by molar-refractivity contribution is 6.61. The average Bonchev–Trinajstić information content (AvgIpc) is 2.60. The van der Waals surface area contributed by atoms with Gasteiger partial charge in [-0.1, -0.05) is 12.1 Å². The van der Waals surface area contributed by atoms with Crippen LogP contribution in [0.2, 0.25) is 0 Å². The molecule has 1 aliphatic heterocycles. The van der Waals surface area contributed by atoms with Crippen LogP contribution in [0.4, 0.5) is 9.18 Å². The first-order chi connectivity index (χ1) is 7.59. The second kappa shape index (κ2) is 4.11. The van der Waals surface area contributed by atoms with Crippen molar-refractivity contribution in [3.05, 3.63) is 29.1 Å². The van der Waals surface area contributed by atoms with Gasteiger partial charge in [-0.15, -0.1) is 0 Å². The molecule has 0 aromatic heterocycles. The number of amides is 1. The zero-order valence-electron chi connectivity index (χ0n) is 8.24. The summed E-state index contributed by atoms with van der Waals surface area (Å²) in [5.74, 6) is -0.615. The van der Waals surface area contributed by atoms with Crippen molar-refractivity contribution < 1.29 is 24.0 Å². The van der Waals surface area contributed by atoms with E-state index in [2.05, 4.69) is 5.32 Å². The van der Waals surface area contributed by atoms with Gasteiger partial charge in [0.25, 0.3) is 0 Å². The molecule has 16 heavy (non-hydrogen) atoms. The van der Waals surface area contributed by atoms with Gasteiger partial charge < -0.3 is 20.1 Å². The van der Waals surface area contributed by atoms with Crippen LogP contribution in [0.1, 0.15) is 11.1 Å². The molecule has 0 saturated heterocycles. The lowest BCUT2D eigenvalue weighted by molar-refractivity contribution is 0.194. The highest BCUT2D eigenvalue weighted by atomic mass is 19.1. The molecule has 1 heterocycles. The van der Waals surface area contributed by atoms with Crippen LogP contribution >= 0.6 is 0 Å². The van der Waals surface area contributed by atoms with Gasteiger partial charge in [-0.25, -0.2) is 9.18 Å². The highest BCUT2D eigenvalue weighted by Crippen LogP contribution is 2.15. The van der Waals surface area contributed by atoms with Gasteiger partial charge in [0.15, 0.2) is 0 Å². The normalized spacial score (nSPS) is 13.8. The van der Waals surface area contributed by atoms with E-state index < -0.39 is 19.0 Å². The van der Waals surface area contributed by atoms with Gasteiger partial charge in [0, 0.05) is 17.6 Å². The van der Waals surface area contributed by atoms with Crippen molar-refractivity contribution in [3.63, 3.8) is 0 Å². The first-order valence-electron chi connectivity index (χ1n) is 4.66. The number of nitrogens with one attached hydrogen (secondary N) is 1. The van der Waals surface area contributed by atoms with Crippen molar-refractivity contribution >= 4 is 18.7 Å². The molecule has 0 bridgehead atoms. The molecular formula is C9H9BFNO4. The molecule has 0 aliphatic carbocycles. The number of hydrogen-bond acceptors (Lipinski definition) is 3. The summed E-state index contributed by atoms with van der Waals surface area (Å²) < 4.78 is 18.7. The largest absolute Gasteiger partial charge is 0.494 e. The minimum Gasteiger partial charge on any atom is -0.465 e. The van der Waals surface area contributed by atoms with Crippen molar-refractivity contribution in [1.82, 2.24) is 5.32 Å². The summed E-state index contributed by atoms with van der Waals surface area (Å²) in [7, 11) is -1.26.